The summed E-state index contributed by atoms with van der Waals surface area (Å²) >= 11 is 0. The first-order valence-corrected chi connectivity index (χ1v) is 7.62. The molecule has 0 aliphatic carbocycles. The number of amides is 1. The van der Waals surface area contributed by atoms with Crippen LogP contribution in [0.5, 0.6) is 5.75 Å². The Hall–Kier alpha value is -2.30. The van der Waals surface area contributed by atoms with Gasteiger partial charge in [0, 0.05) is 30.3 Å². The zero-order valence-corrected chi connectivity index (χ0v) is 13.0. The molecule has 0 spiro atoms. The summed E-state index contributed by atoms with van der Waals surface area (Å²) in [5.41, 5.74) is 3.00. The van der Waals surface area contributed by atoms with Crippen LogP contribution in [0.15, 0.2) is 30.5 Å². The highest BCUT2D eigenvalue weighted by molar-refractivity contribution is 5.94. The lowest BCUT2D eigenvalue weighted by atomic mass is 9.92. The van der Waals surface area contributed by atoms with E-state index in [1.54, 1.807) is 13.2 Å². The summed E-state index contributed by atoms with van der Waals surface area (Å²) in [5, 5.41) is 7.19. The fourth-order valence-electron chi connectivity index (χ4n) is 3.11. The topological polar surface area (TPSA) is 58.2 Å². The quantitative estimate of drug-likeness (QED) is 0.948. The van der Waals surface area contributed by atoms with Crippen molar-refractivity contribution in [1.82, 2.24) is 15.1 Å². The van der Waals surface area contributed by atoms with E-state index in [9.17, 15) is 4.79 Å². The molecule has 0 bridgehead atoms. The summed E-state index contributed by atoms with van der Waals surface area (Å²) in [6.45, 7) is 3.60. The third kappa shape index (κ3) is 2.84. The average Bonchev–Trinajstić information content (AvgIpc) is 3.00. The minimum absolute atomic E-state index is 0.0702. The summed E-state index contributed by atoms with van der Waals surface area (Å²) in [7, 11) is 1.61. The number of carbonyl (C=O) groups is 1. The molecule has 1 amide bonds. The van der Waals surface area contributed by atoms with Gasteiger partial charge in [-0.05, 0) is 43.5 Å². The standard InChI is InChI=1S/C17H21N3O2/c1-12-10-18-19-16(12)14-6-4-8-20(11-14)17(21)13-5-3-7-15(9-13)22-2/h3,5,7,9-10,14H,4,6,8,11H2,1-2H3,(H,18,19)/t14-/m0/s1. The molecule has 22 heavy (non-hydrogen) atoms. The van der Waals surface area contributed by atoms with E-state index >= 15 is 0 Å². The van der Waals surface area contributed by atoms with Gasteiger partial charge in [0.1, 0.15) is 5.75 Å². The SMILES string of the molecule is COc1cccc(C(=O)N2CCC[C@H](c3[nH]ncc3C)C2)c1. The van der Waals surface area contributed by atoms with E-state index in [2.05, 4.69) is 17.1 Å². The molecule has 0 saturated carbocycles. The van der Waals surface area contributed by atoms with Crippen LogP contribution < -0.4 is 4.74 Å². The number of benzene rings is 1. The van der Waals surface area contributed by atoms with Crippen LogP contribution in [-0.2, 0) is 0 Å². The van der Waals surface area contributed by atoms with Gasteiger partial charge in [0.25, 0.3) is 5.91 Å². The molecule has 1 aromatic heterocycles. The van der Waals surface area contributed by atoms with Crippen LogP contribution in [0, 0.1) is 6.92 Å². The largest absolute Gasteiger partial charge is 0.497 e. The number of nitrogens with zero attached hydrogens (tertiary/aromatic N) is 2. The second-order valence-electron chi connectivity index (χ2n) is 5.79. The molecule has 2 heterocycles. The van der Waals surface area contributed by atoms with E-state index in [4.69, 9.17) is 4.74 Å². The minimum Gasteiger partial charge on any atom is -0.497 e. The monoisotopic (exact) mass is 299 g/mol. The smallest absolute Gasteiger partial charge is 0.254 e. The van der Waals surface area contributed by atoms with E-state index in [1.807, 2.05) is 29.3 Å². The van der Waals surface area contributed by atoms with Crippen molar-refractivity contribution in [2.45, 2.75) is 25.7 Å². The predicted molar refractivity (Wildman–Crippen MR) is 84.2 cm³/mol. The van der Waals surface area contributed by atoms with Gasteiger partial charge in [-0.1, -0.05) is 6.07 Å². The predicted octanol–water partition coefficient (Wildman–Crippen LogP) is 2.75. The molecule has 3 rings (SSSR count). The van der Waals surface area contributed by atoms with Crippen molar-refractivity contribution in [2.24, 2.45) is 0 Å². The van der Waals surface area contributed by atoms with Gasteiger partial charge in [-0.25, -0.2) is 0 Å². The first-order chi connectivity index (χ1) is 10.7. The van der Waals surface area contributed by atoms with Crippen molar-refractivity contribution in [1.29, 1.82) is 0 Å². The second kappa shape index (κ2) is 6.22. The van der Waals surface area contributed by atoms with Crippen LogP contribution in [0.3, 0.4) is 0 Å². The lowest BCUT2D eigenvalue weighted by Gasteiger charge is -2.32. The summed E-state index contributed by atoms with van der Waals surface area (Å²) < 4.78 is 5.20. The molecule has 1 saturated heterocycles. The van der Waals surface area contributed by atoms with Crippen molar-refractivity contribution < 1.29 is 9.53 Å². The maximum absolute atomic E-state index is 12.7. The number of hydrogen-bond acceptors (Lipinski definition) is 3. The number of aryl methyl sites for hydroxylation is 1. The number of aromatic nitrogens is 2. The van der Waals surface area contributed by atoms with Gasteiger partial charge in [0.05, 0.1) is 13.3 Å². The number of hydrogen-bond donors (Lipinski definition) is 1. The summed E-state index contributed by atoms with van der Waals surface area (Å²) in [6.07, 6.45) is 3.95. The highest BCUT2D eigenvalue weighted by Crippen LogP contribution is 2.28. The molecule has 2 aromatic rings. The number of rotatable bonds is 3. The highest BCUT2D eigenvalue weighted by Gasteiger charge is 2.27. The molecular formula is C17H21N3O2. The second-order valence-corrected chi connectivity index (χ2v) is 5.79. The van der Waals surface area contributed by atoms with E-state index in [1.165, 1.54) is 5.56 Å². The van der Waals surface area contributed by atoms with Crippen molar-refractivity contribution in [3.63, 3.8) is 0 Å². The van der Waals surface area contributed by atoms with Crippen molar-refractivity contribution in [3.8, 4) is 5.75 Å². The van der Waals surface area contributed by atoms with Gasteiger partial charge in [0.15, 0.2) is 0 Å². The summed E-state index contributed by atoms with van der Waals surface area (Å²) in [4.78, 5) is 14.6. The van der Waals surface area contributed by atoms with Gasteiger partial charge in [0.2, 0.25) is 0 Å². The molecule has 1 atom stereocenters. The van der Waals surface area contributed by atoms with Crippen molar-refractivity contribution >= 4 is 5.91 Å². The Bertz CT molecular complexity index is 665. The zero-order valence-electron chi connectivity index (χ0n) is 13.0. The van der Waals surface area contributed by atoms with E-state index in [0.717, 1.165) is 31.6 Å². The molecule has 1 N–H and O–H groups in total. The molecule has 116 valence electrons. The molecule has 1 fully saturated rings. The minimum atomic E-state index is 0.0702. The number of aromatic amines is 1. The number of likely N-dealkylation sites (tertiary alicyclic amines) is 1. The molecule has 0 unspecified atom stereocenters. The number of ether oxygens (including phenoxy) is 1. The Morgan fingerprint density at radius 3 is 3.05 bits per heavy atom. The molecule has 1 aliphatic heterocycles. The Labute approximate surface area is 130 Å². The average molecular weight is 299 g/mol. The van der Waals surface area contributed by atoms with E-state index in [0.29, 0.717) is 17.2 Å². The number of carbonyl (C=O) groups excluding carboxylic acids is 1. The van der Waals surface area contributed by atoms with Gasteiger partial charge >= 0.3 is 0 Å². The first-order valence-electron chi connectivity index (χ1n) is 7.62. The maximum Gasteiger partial charge on any atom is 0.254 e. The van der Waals surface area contributed by atoms with Crippen LogP contribution in [0.2, 0.25) is 0 Å². The zero-order chi connectivity index (χ0) is 15.5. The highest BCUT2D eigenvalue weighted by atomic mass is 16.5. The van der Waals surface area contributed by atoms with Gasteiger partial charge in [-0.3, -0.25) is 9.89 Å². The number of piperidine rings is 1. The first kappa shape index (κ1) is 14.6. The Kier molecular flexibility index (Phi) is 4.13. The third-order valence-corrected chi connectivity index (χ3v) is 4.30. The fraction of sp³-hybridized carbons (Fsp3) is 0.412. The normalized spacial score (nSPS) is 18.3. The van der Waals surface area contributed by atoms with Gasteiger partial charge in [-0.15, -0.1) is 0 Å². The van der Waals surface area contributed by atoms with E-state index < -0.39 is 0 Å². The van der Waals surface area contributed by atoms with Crippen LogP contribution in [0.25, 0.3) is 0 Å². The number of nitrogens with one attached hydrogen (secondary N) is 1. The molecular weight excluding hydrogens is 278 g/mol. The number of methoxy groups -OCH3 is 1. The van der Waals surface area contributed by atoms with Crippen LogP contribution in [0.4, 0.5) is 0 Å². The van der Waals surface area contributed by atoms with Crippen molar-refractivity contribution in [2.75, 3.05) is 20.2 Å². The fourth-order valence-corrected chi connectivity index (χ4v) is 3.11. The molecule has 5 nitrogen and oxygen atoms in total. The van der Waals surface area contributed by atoms with Gasteiger partial charge in [-0.2, -0.15) is 5.10 Å². The molecule has 0 radical (unpaired) electrons. The van der Waals surface area contributed by atoms with Crippen LogP contribution in [-0.4, -0.2) is 41.2 Å². The summed E-state index contributed by atoms with van der Waals surface area (Å²) in [6, 6.07) is 7.35. The van der Waals surface area contributed by atoms with Gasteiger partial charge < -0.3 is 9.64 Å². The van der Waals surface area contributed by atoms with E-state index in [-0.39, 0.29) is 5.91 Å². The Morgan fingerprint density at radius 2 is 2.32 bits per heavy atom. The molecule has 5 heteroatoms. The maximum atomic E-state index is 12.7. The lowest BCUT2D eigenvalue weighted by Crippen LogP contribution is -2.39. The Morgan fingerprint density at radius 1 is 1.45 bits per heavy atom. The molecule has 1 aromatic carbocycles. The van der Waals surface area contributed by atoms with Crippen LogP contribution in [0.1, 0.15) is 40.4 Å². The van der Waals surface area contributed by atoms with Crippen LogP contribution >= 0.6 is 0 Å². The number of H-pyrrole nitrogens is 1. The lowest BCUT2D eigenvalue weighted by molar-refractivity contribution is 0.0705. The summed E-state index contributed by atoms with van der Waals surface area (Å²) in [5.74, 6) is 1.12. The third-order valence-electron chi connectivity index (χ3n) is 4.30. The Balaban J connectivity index is 1.76. The van der Waals surface area contributed by atoms with Crippen molar-refractivity contribution in [3.05, 3.63) is 47.3 Å². The molecule has 1 aliphatic rings.